The highest BCUT2D eigenvalue weighted by Crippen LogP contribution is 2.35. The molecule has 1 heterocycles. The molecule has 0 bridgehead atoms. The van der Waals surface area contributed by atoms with Crippen molar-refractivity contribution >= 4 is 15.9 Å². The highest BCUT2D eigenvalue weighted by Gasteiger charge is 2.35. The van der Waals surface area contributed by atoms with Crippen molar-refractivity contribution in [2.75, 3.05) is 6.54 Å². The largest absolute Gasteiger partial charge is 0.435 e. The number of hydrogen-bond acceptors (Lipinski definition) is 2. The van der Waals surface area contributed by atoms with Crippen LogP contribution in [0.15, 0.2) is 22.7 Å². The lowest BCUT2D eigenvalue weighted by Crippen LogP contribution is -2.43. The molecular weight excluding hydrogens is 340 g/mol. The van der Waals surface area contributed by atoms with Crippen LogP contribution in [-0.2, 0) is 6.42 Å². The van der Waals surface area contributed by atoms with E-state index in [1.807, 2.05) is 6.07 Å². The average Bonchev–Trinajstić information content (AvgIpc) is 2.79. The van der Waals surface area contributed by atoms with Crippen LogP contribution in [0.5, 0.6) is 5.75 Å². The second-order valence-electron chi connectivity index (χ2n) is 6.22. The standard InChI is InChI=1S/C16H22BrF2NO/c1-11(2)9-16(6-3-7-20-16)10-12-8-13(17)4-5-14(12)21-15(18)19/h4-5,8,11,15,20H,3,6-7,9-10H2,1-2H3. The molecule has 1 saturated heterocycles. The Morgan fingerprint density at radius 1 is 1.38 bits per heavy atom. The second-order valence-corrected chi connectivity index (χ2v) is 7.13. The van der Waals surface area contributed by atoms with Gasteiger partial charge in [0.25, 0.3) is 0 Å². The van der Waals surface area contributed by atoms with E-state index in [0.29, 0.717) is 12.3 Å². The number of alkyl halides is 2. The maximum Gasteiger partial charge on any atom is 0.387 e. The average molecular weight is 362 g/mol. The molecule has 1 aliphatic rings. The van der Waals surface area contributed by atoms with Crippen molar-refractivity contribution in [3.63, 3.8) is 0 Å². The van der Waals surface area contributed by atoms with Gasteiger partial charge in [-0.3, -0.25) is 0 Å². The van der Waals surface area contributed by atoms with Crippen molar-refractivity contribution in [2.45, 2.75) is 51.7 Å². The van der Waals surface area contributed by atoms with E-state index in [1.165, 1.54) is 0 Å². The Morgan fingerprint density at radius 3 is 2.71 bits per heavy atom. The second kappa shape index (κ2) is 7.05. The van der Waals surface area contributed by atoms with Gasteiger partial charge in [-0.2, -0.15) is 8.78 Å². The maximum atomic E-state index is 12.6. The SMILES string of the molecule is CC(C)CC1(Cc2cc(Br)ccc2OC(F)F)CCCN1. The minimum absolute atomic E-state index is 0.00477. The molecule has 1 atom stereocenters. The Bertz CT molecular complexity index is 473. The summed E-state index contributed by atoms with van der Waals surface area (Å²) in [4.78, 5) is 0. The Kier molecular flexibility index (Phi) is 5.60. The molecule has 118 valence electrons. The predicted molar refractivity (Wildman–Crippen MR) is 83.9 cm³/mol. The summed E-state index contributed by atoms with van der Waals surface area (Å²) in [6, 6.07) is 5.24. The molecular formula is C16H22BrF2NO. The van der Waals surface area contributed by atoms with Crippen LogP contribution in [0.1, 0.15) is 38.7 Å². The van der Waals surface area contributed by atoms with E-state index in [0.717, 1.165) is 35.8 Å². The van der Waals surface area contributed by atoms with E-state index in [-0.39, 0.29) is 11.3 Å². The van der Waals surface area contributed by atoms with Crippen LogP contribution in [-0.4, -0.2) is 18.7 Å². The van der Waals surface area contributed by atoms with Gasteiger partial charge in [-0.1, -0.05) is 29.8 Å². The fourth-order valence-corrected chi connectivity index (χ4v) is 3.72. The summed E-state index contributed by atoms with van der Waals surface area (Å²) in [5.74, 6) is 0.840. The molecule has 0 amide bonds. The number of ether oxygens (including phenoxy) is 1. The first kappa shape index (κ1) is 16.7. The van der Waals surface area contributed by atoms with Gasteiger partial charge in [0.1, 0.15) is 5.75 Å². The third kappa shape index (κ3) is 4.65. The van der Waals surface area contributed by atoms with Crippen molar-refractivity contribution in [3.05, 3.63) is 28.2 Å². The summed E-state index contributed by atoms with van der Waals surface area (Å²) in [5.41, 5.74) is 0.828. The smallest absolute Gasteiger partial charge is 0.387 e. The zero-order chi connectivity index (χ0) is 15.5. The monoisotopic (exact) mass is 361 g/mol. The first-order chi connectivity index (χ1) is 9.90. The summed E-state index contributed by atoms with van der Waals surface area (Å²) >= 11 is 3.42. The summed E-state index contributed by atoms with van der Waals surface area (Å²) in [5, 5.41) is 3.59. The fourth-order valence-electron chi connectivity index (χ4n) is 3.31. The Hall–Kier alpha value is -0.680. The number of rotatable bonds is 6. The van der Waals surface area contributed by atoms with Crippen molar-refractivity contribution in [1.29, 1.82) is 0 Å². The summed E-state index contributed by atoms with van der Waals surface area (Å²) in [7, 11) is 0. The van der Waals surface area contributed by atoms with Crippen LogP contribution in [0.25, 0.3) is 0 Å². The summed E-state index contributed by atoms with van der Waals surface area (Å²) in [6.07, 6.45) is 3.96. The quantitative estimate of drug-likeness (QED) is 0.788. The zero-order valence-corrected chi connectivity index (χ0v) is 14.1. The molecule has 1 aromatic carbocycles. The van der Waals surface area contributed by atoms with Gasteiger partial charge in [-0.25, -0.2) is 0 Å². The minimum atomic E-state index is -2.79. The molecule has 1 aliphatic heterocycles. The van der Waals surface area contributed by atoms with Crippen LogP contribution >= 0.6 is 15.9 Å². The van der Waals surface area contributed by atoms with E-state index < -0.39 is 6.61 Å². The molecule has 0 aliphatic carbocycles. The Balaban J connectivity index is 2.25. The summed E-state index contributed by atoms with van der Waals surface area (Å²) in [6.45, 7) is 2.59. The van der Waals surface area contributed by atoms with Crippen LogP contribution in [0.2, 0.25) is 0 Å². The third-order valence-electron chi connectivity index (χ3n) is 3.90. The van der Waals surface area contributed by atoms with Crippen LogP contribution in [0.4, 0.5) is 8.78 Å². The van der Waals surface area contributed by atoms with E-state index >= 15 is 0 Å². The number of hydrogen-bond donors (Lipinski definition) is 1. The van der Waals surface area contributed by atoms with Crippen molar-refractivity contribution in [2.24, 2.45) is 5.92 Å². The predicted octanol–water partition coefficient (Wildman–Crippen LogP) is 4.76. The molecule has 0 radical (unpaired) electrons. The topological polar surface area (TPSA) is 21.3 Å². The van der Waals surface area contributed by atoms with Gasteiger partial charge in [0.2, 0.25) is 0 Å². The summed E-state index contributed by atoms with van der Waals surface area (Å²) < 4.78 is 30.7. The van der Waals surface area contributed by atoms with Crippen molar-refractivity contribution in [1.82, 2.24) is 5.32 Å². The highest BCUT2D eigenvalue weighted by molar-refractivity contribution is 9.10. The van der Waals surface area contributed by atoms with Gasteiger partial charge in [-0.15, -0.1) is 0 Å². The zero-order valence-electron chi connectivity index (χ0n) is 12.5. The molecule has 21 heavy (non-hydrogen) atoms. The Labute approximate surface area is 133 Å². The molecule has 2 nitrogen and oxygen atoms in total. The molecule has 0 saturated carbocycles. The first-order valence-corrected chi connectivity index (χ1v) is 8.18. The van der Waals surface area contributed by atoms with Crippen molar-refractivity contribution in [3.8, 4) is 5.75 Å². The Morgan fingerprint density at radius 2 is 2.14 bits per heavy atom. The molecule has 1 fully saturated rings. The van der Waals surface area contributed by atoms with Gasteiger partial charge in [-0.05, 0) is 61.9 Å². The maximum absolute atomic E-state index is 12.6. The lowest BCUT2D eigenvalue weighted by molar-refractivity contribution is -0.0506. The minimum Gasteiger partial charge on any atom is -0.435 e. The normalized spacial score (nSPS) is 22.2. The number of halogens is 3. The molecule has 5 heteroatoms. The molecule has 1 unspecified atom stereocenters. The van der Waals surface area contributed by atoms with Gasteiger partial charge in [0.05, 0.1) is 0 Å². The van der Waals surface area contributed by atoms with Gasteiger partial charge >= 0.3 is 6.61 Å². The van der Waals surface area contributed by atoms with Crippen LogP contribution in [0.3, 0.4) is 0 Å². The molecule has 1 N–H and O–H groups in total. The molecule has 0 aromatic heterocycles. The molecule has 0 spiro atoms. The van der Waals surface area contributed by atoms with E-state index in [9.17, 15) is 8.78 Å². The van der Waals surface area contributed by atoms with Gasteiger partial charge in [0.15, 0.2) is 0 Å². The van der Waals surface area contributed by atoms with Gasteiger partial charge in [0, 0.05) is 10.0 Å². The van der Waals surface area contributed by atoms with Crippen LogP contribution in [0, 0.1) is 5.92 Å². The number of nitrogens with one attached hydrogen (secondary N) is 1. The molecule has 2 rings (SSSR count). The van der Waals surface area contributed by atoms with Gasteiger partial charge < -0.3 is 10.1 Å². The first-order valence-electron chi connectivity index (χ1n) is 7.38. The third-order valence-corrected chi connectivity index (χ3v) is 4.39. The van der Waals surface area contributed by atoms with E-state index in [1.54, 1.807) is 12.1 Å². The molecule has 1 aromatic rings. The number of benzene rings is 1. The lowest BCUT2D eigenvalue weighted by Gasteiger charge is -2.32. The van der Waals surface area contributed by atoms with Crippen LogP contribution < -0.4 is 10.1 Å². The fraction of sp³-hybridized carbons (Fsp3) is 0.625. The lowest BCUT2D eigenvalue weighted by atomic mass is 9.82. The highest BCUT2D eigenvalue weighted by atomic mass is 79.9. The van der Waals surface area contributed by atoms with E-state index in [4.69, 9.17) is 0 Å². The van der Waals surface area contributed by atoms with E-state index in [2.05, 4.69) is 39.8 Å². The van der Waals surface area contributed by atoms with Crippen molar-refractivity contribution < 1.29 is 13.5 Å².